The molecule has 1 aliphatic carbocycles. The Morgan fingerprint density at radius 1 is 1.35 bits per heavy atom. The summed E-state index contributed by atoms with van der Waals surface area (Å²) in [5, 5.41) is 8.59. The van der Waals surface area contributed by atoms with Crippen LogP contribution in [0.4, 0.5) is 0 Å². The molecular weight excluding hydrogens is 216 g/mol. The topological polar surface area (TPSA) is 46.5 Å². The van der Waals surface area contributed by atoms with Crippen molar-refractivity contribution >= 4 is 5.97 Å². The molecule has 0 atom stereocenters. The highest BCUT2D eigenvalue weighted by atomic mass is 16.5. The maximum atomic E-state index is 10.4. The van der Waals surface area contributed by atoms with Gasteiger partial charge in [-0.15, -0.1) is 0 Å². The van der Waals surface area contributed by atoms with Gasteiger partial charge in [0.25, 0.3) is 0 Å². The van der Waals surface area contributed by atoms with Crippen LogP contribution in [0.2, 0.25) is 0 Å². The lowest BCUT2D eigenvalue weighted by Gasteiger charge is -2.32. The highest BCUT2D eigenvalue weighted by Crippen LogP contribution is 2.30. The molecule has 3 nitrogen and oxygen atoms in total. The number of carboxylic acids is 1. The van der Waals surface area contributed by atoms with E-state index in [1.807, 2.05) is 24.3 Å². The van der Waals surface area contributed by atoms with Crippen molar-refractivity contribution in [3.8, 4) is 5.75 Å². The number of rotatable bonds is 5. The van der Waals surface area contributed by atoms with Gasteiger partial charge in [0.05, 0.1) is 6.10 Å². The fourth-order valence-corrected chi connectivity index (χ4v) is 2.10. The van der Waals surface area contributed by atoms with Gasteiger partial charge in [0.1, 0.15) is 5.75 Å². The standard InChI is InChI=1S/C14H18O3/c1-10-8-13(9-10)17-12-5-2-11(3-6-12)4-7-14(15)16/h2-3,5-6,10,13H,4,7-9H2,1H3,(H,15,16). The van der Waals surface area contributed by atoms with E-state index in [0.717, 1.165) is 30.1 Å². The first-order valence-electron chi connectivity index (χ1n) is 6.11. The fraction of sp³-hybridized carbons (Fsp3) is 0.500. The molecule has 3 heteroatoms. The van der Waals surface area contributed by atoms with E-state index < -0.39 is 5.97 Å². The van der Waals surface area contributed by atoms with Crippen LogP contribution in [0.25, 0.3) is 0 Å². The number of hydrogen-bond acceptors (Lipinski definition) is 2. The van der Waals surface area contributed by atoms with Gasteiger partial charge in [-0.1, -0.05) is 19.1 Å². The van der Waals surface area contributed by atoms with Crippen LogP contribution < -0.4 is 4.74 Å². The van der Waals surface area contributed by atoms with E-state index in [9.17, 15) is 4.79 Å². The minimum Gasteiger partial charge on any atom is -0.490 e. The van der Waals surface area contributed by atoms with E-state index in [4.69, 9.17) is 9.84 Å². The summed E-state index contributed by atoms with van der Waals surface area (Å²) in [7, 11) is 0. The average molecular weight is 234 g/mol. The second-order valence-corrected chi connectivity index (χ2v) is 4.85. The predicted molar refractivity (Wildman–Crippen MR) is 65.2 cm³/mol. The zero-order chi connectivity index (χ0) is 12.3. The summed E-state index contributed by atoms with van der Waals surface area (Å²) in [5.74, 6) is 0.921. The Morgan fingerprint density at radius 2 is 2.00 bits per heavy atom. The molecule has 1 fully saturated rings. The van der Waals surface area contributed by atoms with Crippen LogP contribution in [-0.4, -0.2) is 17.2 Å². The molecule has 1 N–H and O–H groups in total. The van der Waals surface area contributed by atoms with Crippen LogP contribution in [0.3, 0.4) is 0 Å². The molecule has 1 aromatic carbocycles. The highest BCUT2D eigenvalue weighted by Gasteiger charge is 2.26. The van der Waals surface area contributed by atoms with Crippen molar-refractivity contribution in [2.75, 3.05) is 0 Å². The third kappa shape index (κ3) is 3.48. The monoisotopic (exact) mass is 234 g/mol. The Kier molecular flexibility index (Phi) is 3.67. The van der Waals surface area contributed by atoms with Crippen LogP contribution in [0, 0.1) is 5.92 Å². The van der Waals surface area contributed by atoms with Crippen LogP contribution in [0.1, 0.15) is 31.7 Å². The number of aliphatic carboxylic acids is 1. The number of carboxylic acid groups (broad SMARTS) is 1. The summed E-state index contributed by atoms with van der Waals surface area (Å²) in [6, 6.07) is 7.75. The first-order valence-corrected chi connectivity index (χ1v) is 6.11. The van der Waals surface area contributed by atoms with Crippen molar-refractivity contribution in [1.29, 1.82) is 0 Å². The van der Waals surface area contributed by atoms with Crippen molar-refractivity contribution in [3.05, 3.63) is 29.8 Å². The van der Waals surface area contributed by atoms with E-state index in [-0.39, 0.29) is 6.42 Å². The highest BCUT2D eigenvalue weighted by molar-refractivity contribution is 5.67. The van der Waals surface area contributed by atoms with E-state index in [1.165, 1.54) is 0 Å². The van der Waals surface area contributed by atoms with E-state index in [1.54, 1.807) is 0 Å². The molecule has 0 heterocycles. The maximum absolute atomic E-state index is 10.4. The average Bonchev–Trinajstić information content (AvgIpc) is 2.26. The predicted octanol–water partition coefficient (Wildman–Crippen LogP) is 2.88. The first kappa shape index (κ1) is 12.0. The molecule has 0 spiro atoms. The van der Waals surface area contributed by atoms with Gasteiger partial charge in [0, 0.05) is 6.42 Å². The minimum absolute atomic E-state index is 0.181. The molecule has 0 radical (unpaired) electrons. The summed E-state index contributed by atoms with van der Waals surface area (Å²) in [6.45, 7) is 2.23. The lowest BCUT2D eigenvalue weighted by Crippen LogP contribution is -2.31. The van der Waals surface area contributed by atoms with Crippen molar-refractivity contribution in [3.63, 3.8) is 0 Å². The molecule has 1 aliphatic rings. The minimum atomic E-state index is -0.756. The van der Waals surface area contributed by atoms with Crippen LogP contribution in [-0.2, 0) is 11.2 Å². The van der Waals surface area contributed by atoms with Crippen LogP contribution >= 0.6 is 0 Å². The number of aryl methyl sites for hydroxylation is 1. The van der Waals surface area contributed by atoms with E-state index in [0.29, 0.717) is 12.5 Å². The Labute approximate surface area is 101 Å². The normalized spacial score (nSPS) is 22.9. The summed E-state index contributed by atoms with van der Waals surface area (Å²) in [6.07, 6.45) is 3.41. The molecule has 2 rings (SSSR count). The Morgan fingerprint density at radius 3 is 2.53 bits per heavy atom. The molecule has 0 aliphatic heterocycles. The van der Waals surface area contributed by atoms with Gasteiger partial charge in [-0.25, -0.2) is 0 Å². The van der Waals surface area contributed by atoms with Crippen molar-refractivity contribution in [1.82, 2.24) is 0 Å². The van der Waals surface area contributed by atoms with E-state index in [2.05, 4.69) is 6.92 Å². The Hall–Kier alpha value is -1.51. The quantitative estimate of drug-likeness (QED) is 0.852. The summed E-state index contributed by atoms with van der Waals surface area (Å²) in [5.41, 5.74) is 1.04. The second-order valence-electron chi connectivity index (χ2n) is 4.85. The molecule has 0 unspecified atom stereocenters. The molecule has 1 saturated carbocycles. The lowest BCUT2D eigenvalue weighted by molar-refractivity contribution is -0.136. The molecule has 0 amide bonds. The van der Waals surface area contributed by atoms with Gasteiger partial charge >= 0.3 is 5.97 Å². The zero-order valence-corrected chi connectivity index (χ0v) is 10.1. The van der Waals surface area contributed by atoms with Gasteiger partial charge in [0.2, 0.25) is 0 Å². The van der Waals surface area contributed by atoms with Gasteiger partial charge < -0.3 is 9.84 Å². The number of ether oxygens (including phenoxy) is 1. The maximum Gasteiger partial charge on any atom is 0.303 e. The molecule has 17 heavy (non-hydrogen) atoms. The molecule has 1 aromatic rings. The van der Waals surface area contributed by atoms with Crippen LogP contribution in [0.5, 0.6) is 5.75 Å². The Bertz CT molecular complexity index is 377. The number of hydrogen-bond donors (Lipinski definition) is 1. The third-order valence-corrected chi connectivity index (χ3v) is 3.18. The van der Waals surface area contributed by atoms with E-state index >= 15 is 0 Å². The largest absolute Gasteiger partial charge is 0.490 e. The smallest absolute Gasteiger partial charge is 0.303 e. The summed E-state index contributed by atoms with van der Waals surface area (Å²) < 4.78 is 5.78. The van der Waals surface area contributed by atoms with Gasteiger partial charge in [0.15, 0.2) is 0 Å². The van der Waals surface area contributed by atoms with Crippen molar-refractivity contribution < 1.29 is 14.6 Å². The van der Waals surface area contributed by atoms with Crippen molar-refractivity contribution in [2.45, 2.75) is 38.7 Å². The summed E-state index contributed by atoms with van der Waals surface area (Å²) >= 11 is 0. The van der Waals surface area contributed by atoms with Gasteiger partial charge in [-0.3, -0.25) is 4.79 Å². The molecule has 0 aromatic heterocycles. The second kappa shape index (κ2) is 5.21. The Balaban J connectivity index is 1.82. The molecular formula is C14H18O3. The summed E-state index contributed by atoms with van der Waals surface area (Å²) in [4.78, 5) is 10.4. The molecule has 0 saturated heterocycles. The molecule has 0 bridgehead atoms. The zero-order valence-electron chi connectivity index (χ0n) is 10.1. The van der Waals surface area contributed by atoms with Gasteiger partial charge in [-0.05, 0) is 42.9 Å². The molecule has 92 valence electrons. The third-order valence-electron chi connectivity index (χ3n) is 3.18. The number of carbonyl (C=O) groups is 1. The number of benzene rings is 1. The van der Waals surface area contributed by atoms with Crippen LogP contribution in [0.15, 0.2) is 24.3 Å². The van der Waals surface area contributed by atoms with Crippen molar-refractivity contribution in [2.24, 2.45) is 5.92 Å². The fourth-order valence-electron chi connectivity index (χ4n) is 2.10. The SMILES string of the molecule is CC1CC(Oc2ccc(CCC(=O)O)cc2)C1. The first-order chi connectivity index (χ1) is 8.13. The van der Waals surface area contributed by atoms with Gasteiger partial charge in [-0.2, -0.15) is 0 Å². The lowest BCUT2D eigenvalue weighted by atomic mass is 9.84.